The molecule has 0 spiro atoms. The second-order valence-corrected chi connectivity index (χ2v) is 6.76. The van der Waals surface area contributed by atoms with Gasteiger partial charge >= 0.3 is 5.97 Å². The van der Waals surface area contributed by atoms with Crippen LogP contribution in [0.4, 0.5) is 0 Å². The van der Waals surface area contributed by atoms with E-state index in [1.54, 1.807) is 0 Å². The molecule has 0 aromatic heterocycles. The van der Waals surface area contributed by atoms with Gasteiger partial charge in [0, 0.05) is 0 Å². The third-order valence-corrected chi connectivity index (χ3v) is 4.26. The lowest BCUT2D eigenvalue weighted by Crippen LogP contribution is -2.01. The number of carbonyl (C=O) groups excluding carboxylic acids is 1. The molecule has 0 aliphatic heterocycles. The predicted molar refractivity (Wildman–Crippen MR) is 105 cm³/mol. The van der Waals surface area contributed by atoms with Gasteiger partial charge in [-0.2, -0.15) is 0 Å². The van der Waals surface area contributed by atoms with Crippen molar-refractivity contribution >= 4 is 5.97 Å². The first-order valence-electron chi connectivity index (χ1n) is 10.1. The molecule has 0 N–H and O–H groups in total. The van der Waals surface area contributed by atoms with E-state index in [4.69, 9.17) is 4.74 Å². The Morgan fingerprint density at radius 1 is 0.917 bits per heavy atom. The first-order valence-corrected chi connectivity index (χ1v) is 10.1. The van der Waals surface area contributed by atoms with Crippen molar-refractivity contribution in [2.45, 2.75) is 91.9 Å². The maximum atomic E-state index is 10.9. The van der Waals surface area contributed by atoms with Crippen LogP contribution in [0.25, 0.3) is 0 Å². The molecule has 0 radical (unpaired) electrons. The Hall–Kier alpha value is -1.05. The third kappa shape index (κ3) is 13.4. The summed E-state index contributed by atoms with van der Waals surface area (Å²) < 4.78 is 4.82. The second-order valence-electron chi connectivity index (χ2n) is 6.76. The Kier molecular flexibility index (Phi) is 16.1. The molecule has 0 aromatic carbocycles. The van der Waals surface area contributed by atoms with E-state index in [2.05, 4.69) is 39.0 Å². The predicted octanol–water partition coefficient (Wildman–Crippen LogP) is 6.86. The number of esters is 1. The summed E-state index contributed by atoms with van der Waals surface area (Å²) in [5, 5.41) is 0. The Morgan fingerprint density at radius 3 is 1.79 bits per heavy atom. The van der Waals surface area contributed by atoms with Crippen LogP contribution in [-0.4, -0.2) is 12.6 Å². The molecule has 2 aliphatic rings. The highest BCUT2D eigenvalue weighted by atomic mass is 16.5. The van der Waals surface area contributed by atoms with Crippen LogP contribution in [0.15, 0.2) is 24.3 Å². The summed E-state index contributed by atoms with van der Waals surface area (Å²) in [6.45, 7) is 8.67. The van der Waals surface area contributed by atoms with Crippen molar-refractivity contribution in [1.29, 1.82) is 0 Å². The van der Waals surface area contributed by atoms with Gasteiger partial charge < -0.3 is 4.74 Å². The molecule has 0 amide bonds. The normalized spacial score (nSPS) is 18.3. The van der Waals surface area contributed by atoms with Crippen LogP contribution in [0, 0.1) is 11.8 Å². The van der Waals surface area contributed by atoms with E-state index in [9.17, 15) is 4.79 Å². The van der Waals surface area contributed by atoms with Gasteiger partial charge in [0.15, 0.2) is 0 Å². The molecule has 0 aromatic rings. The van der Waals surface area contributed by atoms with Gasteiger partial charge in [-0.15, -0.1) is 0 Å². The number of allylic oxidation sites excluding steroid dienone is 3. The Balaban J connectivity index is 0.000000409. The van der Waals surface area contributed by atoms with Crippen molar-refractivity contribution in [3.8, 4) is 0 Å². The average Bonchev–Trinajstić information content (AvgIpc) is 3.23. The summed E-state index contributed by atoms with van der Waals surface area (Å²) in [5.41, 5.74) is 0. The fourth-order valence-corrected chi connectivity index (χ4v) is 3.15. The number of hydrogen-bond donors (Lipinski definition) is 0. The third-order valence-electron chi connectivity index (χ3n) is 4.26. The Bertz CT molecular complexity index is 332. The van der Waals surface area contributed by atoms with E-state index in [1.165, 1.54) is 57.8 Å². The molecule has 2 nitrogen and oxygen atoms in total. The lowest BCUT2D eigenvalue weighted by Gasteiger charge is -2.00. The first kappa shape index (κ1) is 22.9. The zero-order valence-corrected chi connectivity index (χ0v) is 16.6. The van der Waals surface area contributed by atoms with Crippen molar-refractivity contribution in [3.63, 3.8) is 0 Å². The van der Waals surface area contributed by atoms with Crippen molar-refractivity contribution in [1.82, 2.24) is 0 Å². The molecule has 2 heteroatoms. The van der Waals surface area contributed by atoms with Crippen LogP contribution in [0.1, 0.15) is 91.9 Å². The van der Waals surface area contributed by atoms with Crippen LogP contribution in [-0.2, 0) is 9.53 Å². The molecular formula is C22H40O2. The number of carbonyl (C=O) groups is 1. The lowest BCUT2D eigenvalue weighted by atomic mass is 10.1. The molecule has 0 saturated heterocycles. The number of ether oxygens (including phenoxy) is 1. The van der Waals surface area contributed by atoms with Crippen LogP contribution in [0.2, 0.25) is 0 Å². The summed E-state index contributed by atoms with van der Waals surface area (Å²) in [5.74, 6) is 1.53. The van der Waals surface area contributed by atoms with Crippen LogP contribution in [0.3, 0.4) is 0 Å². The highest BCUT2D eigenvalue weighted by molar-refractivity contribution is 5.71. The van der Waals surface area contributed by atoms with Gasteiger partial charge in [0.1, 0.15) is 0 Å². The maximum Gasteiger partial charge on any atom is 0.309 e. The van der Waals surface area contributed by atoms with Crippen LogP contribution < -0.4 is 0 Å². The van der Waals surface area contributed by atoms with E-state index in [-0.39, 0.29) is 5.97 Å². The minimum atomic E-state index is -0.114. The summed E-state index contributed by atoms with van der Waals surface area (Å²) in [4.78, 5) is 10.9. The van der Waals surface area contributed by atoms with Crippen molar-refractivity contribution in [2.75, 3.05) is 6.61 Å². The molecular weight excluding hydrogens is 296 g/mol. The van der Waals surface area contributed by atoms with Gasteiger partial charge in [0.25, 0.3) is 0 Å². The summed E-state index contributed by atoms with van der Waals surface area (Å²) >= 11 is 0. The monoisotopic (exact) mass is 336 g/mol. The number of rotatable bonds is 5. The second kappa shape index (κ2) is 16.8. The molecule has 0 unspecified atom stereocenters. The van der Waals surface area contributed by atoms with Gasteiger partial charge in [-0.25, -0.2) is 0 Å². The zero-order chi connectivity index (χ0) is 18.0. The fourth-order valence-electron chi connectivity index (χ4n) is 3.15. The molecule has 2 aliphatic carbocycles. The van der Waals surface area contributed by atoms with E-state index in [0.29, 0.717) is 13.0 Å². The van der Waals surface area contributed by atoms with E-state index < -0.39 is 0 Å². The molecule has 2 rings (SSSR count). The maximum absolute atomic E-state index is 10.9. The van der Waals surface area contributed by atoms with E-state index in [1.807, 2.05) is 13.0 Å². The molecule has 2 fully saturated rings. The smallest absolute Gasteiger partial charge is 0.309 e. The molecule has 0 heterocycles. The molecule has 2 saturated carbocycles. The molecule has 140 valence electrons. The highest BCUT2D eigenvalue weighted by Crippen LogP contribution is 2.26. The van der Waals surface area contributed by atoms with E-state index >= 15 is 0 Å². The Labute approximate surface area is 150 Å². The first-order chi connectivity index (χ1) is 11.7. The largest absolute Gasteiger partial charge is 0.466 e. The zero-order valence-electron chi connectivity index (χ0n) is 16.6. The molecule has 0 bridgehead atoms. The summed E-state index contributed by atoms with van der Waals surface area (Å²) in [6, 6.07) is 0. The van der Waals surface area contributed by atoms with Crippen molar-refractivity contribution in [2.24, 2.45) is 11.8 Å². The van der Waals surface area contributed by atoms with Gasteiger partial charge in [0.05, 0.1) is 13.0 Å². The standard InChI is InChI=1S/C11H18O2.C8H14.C3H8/c1-2-13-11(12)9-5-8-10-6-3-4-7-10;1-2-5-8-6-3-4-7-8;1-3-2/h5,8,10H,2-4,6-7,9H2,1H3;2,5,8H,3-4,6-7H2,1H3;3H2,1-2H3. The van der Waals surface area contributed by atoms with Crippen molar-refractivity contribution < 1.29 is 9.53 Å². The number of hydrogen-bond acceptors (Lipinski definition) is 2. The SMILES string of the molecule is CC=CC1CCCC1.CCC.CCOC(=O)CC=CC1CCCC1. The topological polar surface area (TPSA) is 26.3 Å². The highest BCUT2D eigenvalue weighted by Gasteiger charge is 2.11. The molecule has 24 heavy (non-hydrogen) atoms. The minimum absolute atomic E-state index is 0.114. The Morgan fingerprint density at radius 2 is 1.38 bits per heavy atom. The fraction of sp³-hybridized carbons (Fsp3) is 0.773. The van der Waals surface area contributed by atoms with Crippen LogP contribution in [0.5, 0.6) is 0 Å². The van der Waals surface area contributed by atoms with Crippen LogP contribution >= 0.6 is 0 Å². The summed E-state index contributed by atoms with van der Waals surface area (Å²) in [6.07, 6.45) is 21.4. The van der Waals surface area contributed by atoms with Gasteiger partial charge in [-0.1, -0.05) is 70.3 Å². The van der Waals surface area contributed by atoms with Gasteiger partial charge in [0.2, 0.25) is 0 Å². The quantitative estimate of drug-likeness (QED) is 0.405. The average molecular weight is 337 g/mol. The van der Waals surface area contributed by atoms with Gasteiger partial charge in [-0.05, 0) is 51.4 Å². The molecule has 0 atom stereocenters. The van der Waals surface area contributed by atoms with E-state index in [0.717, 1.165) is 11.8 Å². The minimum Gasteiger partial charge on any atom is -0.466 e. The summed E-state index contributed by atoms with van der Waals surface area (Å²) in [7, 11) is 0. The van der Waals surface area contributed by atoms with Crippen molar-refractivity contribution in [3.05, 3.63) is 24.3 Å². The van der Waals surface area contributed by atoms with Gasteiger partial charge in [-0.3, -0.25) is 4.79 Å². The lowest BCUT2D eigenvalue weighted by molar-refractivity contribution is -0.142.